The average molecular weight is 299 g/mol. The summed E-state index contributed by atoms with van der Waals surface area (Å²) in [5.74, 6) is 0. The van der Waals surface area contributed by atoms with E-state index in [-0.39, 0.29) is 5.60 Å². The molecule has 0 aromatic carbocycles. The van der Waals surface area contributed by atoms with Crippen LogP contribution in [0.15, 0.2) is 0 Å². The zero-order chi connectivity index (χ0) is 16.3. The van der Waals surface area contributed by atoms with Gasteiger partial charge in [0.2, 0.25) is 0 Å². The Morgan fingerprint density at radius 1 is 1.14 bits per heavy atom. The van der Waals surface area contributed by atoms with Crippen molar-refractivity contribution in [2.75, 3.05) is 26.7 Å². The molecular weight excluding hydrogens is 260 g/mol. The van der Waals surface area contributed by atoms with Crippen molar-refractivity contribution >= 4 is 0 Å². The molecule has 1 aliphatic heterocycles. The number of hydrogen-bond acceptors (Lipinski definition) is 3. The summed E-state index contributed by atoms with van der Waals surface area (Å²) in [4.78, 5) is 2.74. The topological polar surface area (TPSA) is 24.5 Å². The van der Waals surface area contributed by atoms with E-state index in [0.29, 0.717) is 17.0 Å². The molecule has 3 nitrogen and oxygen atoms in total. The number of piperazine rings is 1. The highest BCUT2D eigenvalue weighted by atomic mass is 16.5. The second-order valence-corrected chi connectivity index (χ2v) is 8.39. The van der Waals surface area contributed by atoms with Crippen LogP contribution in [0.3, 0.4) is 0 Å². The van der Waals surface area contributed by atoms with Crippen LogP contribution < -0.4 is 5.32 Å². The van der Waals surface area contributed by atoms with E-state index in [2.05, 4.69) is 58.7 Å². The molecule has 0 aliphatic carbocycles. The molecule has 0 radical (unpaired) electrons. The van der Waals surface area contributed by atoms with Gasteiger partial charge in [-0.3, -0.25) is 4.90 Å². The van der Waals surface area contributed by atoms with Crippen molar-refractivity contribution in [3.05, 3.63) is 0 Å². The average Bonchev–Trinajstić information content (AvgIpc) is 2.44. The fourth-order valence-electron chi connectivity index (χ4n) is 3.27. The summed E-state index contributed by atoms with van der Waals surface area (Å²) >= 11 is 0. The van der Waals surface area contributed by atoms with Crippen LogP contribution in [-0.2, 0) is 4.74 Å². The lowest BCUT2D eigenvalue weighted by molar-refractivity contribution is -0.0298. The first-order chi connectivity index (χ1) is 9.60. The molecule has 1 atom stereocenters. The standard InChI is InChI=1S/C18H38N2O/c1-9-18(10-2)14-19-15(16(3,4)5)13-20(18)12-11-17(6,7)21-8/h15,19H,9-14H2,1-8H3. The van der Waals surface area contributed by atoms with Crippen LogP contribution in [0.1, 0.15) is 67.7 Å². The molecule has 1 heterocycles. The maximum Gasteiger partial charge on any atom is 0.0634 e. The minimum atomic E-state index is -0.0324. The maximum absolute atomic E-state index is 5.62. The smallest absolute Gasteiger partial charge is 0.0634 e. The van der Waals surface area contributed by atoms with E-state index in [0.717, 1.165) is 26.1 Å². The largest absolute Gasteiger partial charge is 0.379 e. The van der Waals surface area contributed by atoms with Gasteiger partial charge >= 0.3 is 0 Å². The first-order valence-electron chi connectivity index (χ1n) is 8.64. The molecule has 0 saturated carbocycles. The molecule has 0 aromatic heterocycles. The van der Waals surface area contributed by atoms with E-state index in [1.54, 1.807) is 0 Å². The number of ether oxygens (including phenoxy) is 1. The fraction of sp³-hybridized carbons (Fsp3) is 1.00. The second kappa shape index (κ2) is 6.97. The number of nitrogens with zero attached hydrogens (tertiary/aromatic N) is 1. The minimum absolute atomic E-state index is 0.0324. The van der Waals surface area contributed by atoms with Crippen LogP contribution in [0, 0.1) is 5.41 Å². The third-order valence-electron chi connectivity index (χ3n) is 5.65. The van der Waals surface area contributed by atoms with Gasteiger partial charge in [0.15, 0.2) is 0 Å². The summed E-state index contributed by atoms with van der Waals surface area (Å²) in [6, 6.07) is 0.564. The SMILES string of the molecule is CCC1(CC)CNC(C(C)(C)C)CN1CCC(C)(C)OC. The highest BCUT2D eigenvalue weighted by molar-refractivity contribution is 5.00. The van der Waals surface area contributed by atoms with Crippen LogP contribution in [0.5, 0.6) is 0 Å². The molecule has 0 amide bonds. The Bertz CT molecular complexity index is 316. The third kappa shape index (κ3) is 4.67. The van der Waals surface area contributed by atoms with Gasteiger partial charge in [-0.25, -0.2) is 0 Å². The Morgan fingerprint density at radius 3 is 2.14 bits per heavy atom. The molecular formula is C18H38N2O. The second-order valence-electron chi connectivity index (χ2n) is 8.39. The van der Waals surface area contributed by atoms with Gasteiger partial charge in [-0.15, -0.1) is 0 Å². The third-order valence-corrected chi connectivity index (χ3v) is 5.65. The van der Waals surface area contributed by atoms with Crippen LogP contribution in [-0.4, -0.2) is 48.8 Å². The summed E-state index contributed by atoms with van der Waals surface area (Å²) in [5, 5.41) is 3.82. The van der Waals surface area contributed by atoms with Gasteiger partial charge in [-0.2, -0.15) is 0 Å². The molecule has 1 rings (SSSR count). The van der Waals surface area contributed by atoms with Crippen LogP contribution in [0.25, 0.3) is 0 Å². The Balaban J connectivity index is 2.84. The van der Waals surface area contributed by atoms with Crippen molar-refractivity contribution in [3.8, 4) is 0 Å². The monoisotopic (exact) mass is 298 g/mol. The normalized spacial score (nSPS) is 24.3. The first kappa shape index (κ1) is 18.9. The Kier molecular flexibility index (Phi) is 6.28. The Labute approximate surface area is 132 Å². The van der Waals surface area contributed by atoms with Crippen molar-refractivity contribution in [1.29, 1.82) is 0 Å². The molecule has 21 heavy (non-hydrogen) atoms. The van der Waals surface area contributed by atoms with Gasteiger partial charge in [0, 0.05) is 38.3 Å². The lowest BCUT2D eigenvalue weighted by Crippen LogP contribution is -2.67. The summed E-state index contributed by atoms with van der Waals surface area (Å²) in [6.07, 6.45) is 3.50. The molecule has 126 valence electrons. The predicted octanol–water partition coefficient (Wildman–Crippen LogP) is 3.68. The van der Waals surface area contributed by atoms with E-state index in [4.69, 9.17) is 4.74 Å². The van der Waals surface area contributed by atoms with Gasteiger partial charge in [0.25, 0.3) is 0 Å². The van der Waals surface area contributed by atoms with Gasteiger partial charge in [0.05, 0.1) is 5.60 Å². The number of methoxy groups -OCH3 is 1. The van der Waals surface area contributed by atoms with Crippen LogP contribution in [0.2, 0.25) is 0 Å². The molecule has 0 spiro atoms. The highest BCUT2D eigenvalue weighted by Gasteiger charge is 2.42. The molecule has 1 N–H and O–H groups in total. The fourth-order valence-corrected chi connectivity index (χ4v) is 3.27. The van der Waals surface area contributed by atoms with Crippen molar-refractivity contribution in [2.45, 2.75) is 84.9 Å². The molecule has 1 unspecified atom stereocenters. The molecule has 1 fully saturated rings. The van der Waals surface area contributed by atoms with Gasteiger partial charge in [-0.05, 0) is 38.5 Å². The Morgan fingerprint density at radius 2 is 1.71 bits per heavy atom. The van der Waals surface area contributed by atoms with Crippen molar-refractivity contribution in [2.24, 2.45) is 5.41 Å². The number of nitrogens with one attached hydrogen (secondary N) is 1. The van der Waals surface area contributed by atoms with Crippen molar-refractivity contribution in [1.82, 2.24) is 10.2 Å². The zero-order valence-corrected chi connectivity index (χ0v) is 15.7. The predicted molar refractivity (Wildman–Crippen MR) is 91.8 cm³/mol. The minimum Gasteiger partial charge on any atom is -0.379 e. The molecule has 0 aromatic rings. The Hall–Kier alpha value is -0.120. The van der Waals surface area contributed by atoms with Gasteiger partial charge < -0.3 is 10.1 Å². The van der Waals surface area contributed by atoms with E-state index in [9.17, 15) is 0 Å². The van der Waals surface area contributed by atoms with Crippen LogP contribution in [0.4, 0.5) is 0 Å². The summed E-state index contributed by atoms with van der Waals surface area (Å²) in [7, 11) is 1.82. The molecule has 3 heteroatoms. The lowest BCUT2D eigenvalue weighted by atomic mass is 9.80. The van der Waals surface area contributed by atoms with Gasteiger partial charge in [-0.1, -0.05) is 34.6 Å². The molecule has 0 bridgehead atoms. The zero-order valence-electron chi connectivity index (χ0n) is 15.7. The number of rotatable bonds is 6. The first-order valence-corrected chi connectivity index (χ1v) is 8.64. The summed E-state index contributed by atoms with van der Waals surface area (Å²) < 4.78 is 5.62. The quantitative estimate of drug-likeness (QED) is 0.809. The maximum atomic E-state index is 5.62. The van der Waals surface area contributed by atoms with E-state index >= 15 is 0 Å². The van der Waals surface area contributed by atoms with Crippen molar-refractivity contribution in [3.63, 3.8) is 0 Å². The van der Waals surface area contributed by atoms with Crippen molar-refractivity contribution < 1.29 is 4.74 Å². The van der Waals surface area contributed by atoms with E-state index in [1.165, 1.54) is 12.8 Å². The van der Waals surface area contributed by atoms with Crippen LogP contribution >= 0.6 is 0 Å². The highest BCUT2D eigenvalue weighted by Crippen LogP contribution is 2.32. The lowest BCUT2D eigenvalue weighted by Gasteiger charge is -2.53. The molecule has 1 aliphatic rings. The van der Waals surface area contributed by atoms with E-state index in [1.807, 2.05) is 7.11 Å². The van der Waals surface area contributed by atoms with E-state index < -0.39 is 0 Å². The summed E-state index contributed by atoms with van der Waals surface area (Å²) in [6.45, 7) is 19.4. The molecule has 1 saturated heterocycles. The number of hydrogen-bond donors (Lipinski definition) is 1. The summed E-state index contributed by atoms with van der Waals surface area (Å²) in [5.41, 5.74) is 0.587. The van der Waals surface area contributed by atoms with Gasteiger partial charge in [0.1, 0.15) is 0 Å².